The minimum absolute atomic E-state index is 0.0106. The maximum atomic E-state index is 12.7. The number of hydrogen-bond acceptors (Lipinski definition) is 5. The highest BCUT2D eigenvalue weighted by atomic mass is 35.5. The van der Waals surface area contributed by atoms with Crippen molar-refractivity contribution in [1.29, 1.82) is 0 Å². The molecule has 28 heavy (non-hydrogen) atoms. The third kappa shape index (κ3) is 5.39. The third-order valence-electron chi connectivity index (χ3n) is 4.27. The van der Waals surface area contributed by atoms with Crippen LogP contribution in [0.4, 0.5) is 5.69 Å². The first-order chi connectivity index (χ1) is 13.5. The van der Waals surface area contributed by atoms with E-state index >= 15 is 0 Å². The molecule has 1 N–H and O–H groups in total. The minimum Gasteiger partial charge on any atom is -0.459 e. The molecule has 0 spiro atoms. The third-order valence-corrected chi connectivity index (χ3v) is 5.74. The summed E-state index contributed by atoms with van der Waals surface area (Å²) in [6, 6.07) is 8.89. The first kappa shape index (κ1) is 20.5. The summed E-state index contributed by atoms with van der Waals surface area (Å²) in [7, 11) is 0. The molecule has 0 radical (unpaired) electrons. The Kier molecular flexibility index (Phi) is 7.17. The predicted molar refractivity (Wildman–Crippen MR) is 112 cm³/mol. The SMILES string of the molecule is Cc1ccc(N=C2SCCCN2C(=O)CCCNC(=O)c2ccco2)cc1Cl. The molecule has 148 valence electrons. The van der Waals surface area contributed by atoms with Crippen molar-refractivity contribution in [2.75, 3.05) is 18.8 Å². The Morgan fingerprint density at radius 3 is 2.96 bits per heavy atom. The van der Waals surface area contributed by atoms with Gasteiger partial charge in [-0.1, -0.05) is 29.4 Å². The van der Waals surface area contributed by atoms with E-state index in [-0.39, 0.29) is 17.6 Å². The standard InChI is InChI=1S/C20H22ClN3O3S/c1-14-7-8-15(13-16(14)21)23-20-24(10-4-12-28-20)18(25)6-2-9-22-19(26)17-5-3-11-27-17/h3,5,7-8,11,13H,2,4,6,9-10,12H2,1H3,(H,22,26). The van der Waals surface area contributed by atoms with Gasteiger partial charge < -0.3 is 9.73 Å². The lowest BCUT2D eigenvalue weighted by atomic mass is 10.2. The zero-order valence-corrected chi connectivity index (χ0v) is 17.2. The number of aliphatic imine (C=N–C) groups is 1. The van der Waals surface area contributed by atoms with Gasteiger partial charge in [-0.25, -0.2) is 4.99 Å². The predicted octanol–water partition coefficient (Wildman–Crippen LogP) is 4.40. The van der Waals surface area contributed by atoms with Gasteiger partial charge in [-0.2, -0.15) is 0 Å². The molecule has 2 amide bonds. The number of carbonyl (C=O) groups is 2. The summed E-state index contributed by atoms with van der Waals surface area (Å²) in [5, 5.41) is 4.12. The molecule has 1 fully saturated rings. The Bertz CT molecular complexity index is 868. The van der Waals surface area contributed by atoms with Crippen molar-refractivity contribution in [3.8, 4) is 0 Å². The van der Waals surface area contributed by atoms with Crippen LogP contribution in [-0.2, 0) is 4.79 Å². The van der Waals surface area contributed by atoms with E-state index in [1.807, 2.05) is 25.1 Å². The van der Waals surface area contributed by atoms with E-state index in [9.17, 15) is 9.59 Å². The highest BCUT2D eigenvalue weighted by Gasteiger charge is 2.23. The van der Waals surface area contributed by atoms with Crippen LogP contribution in [0, 0.1) is 6.92 Å². The van der Waals surface area contributed by atoms with Crippen LogP contribution in [0.25, 0.3) is 0 Å². The molecule has 1 saturated heterocycles. The van der Waals surface area contributed by atoms with Gasteiger partial charge in [-0.3, -0.25) is 14.5 Å². The molecule has 0 unspecified atom stereocenters. The van der Waals surface area contributed by atoms with Gasteiger partial charge in [-0.05, 0) is 49.6 Å². The minimum atomic E-state index is -0.274. The lowest BCUT2D eigenvalue weighted by Crippen LogP contribution is -2.39. The van der Waals surface area contributed by atoms with Crippen LogP contribution in [-0.4, -0.2) is 40.7 Å². The van der Waals surface area contributed by atoms with Crippen LogP contribution in [0.1, 0.15) is 35.4 Å². The number of amides is 2. The fourth-order valence-corrected chi connectivity index (χ4v) is 3.87. The van der Waals surface area contributed by atoms with Gasteiger partial charge in [-0.15, -0.1) is 0 Å². The fraction of sp³-hybridized carbons (Fsp3) is 0.350. The van der Waals surface area contributed by atoms with E-state index in [1.54, 1.807) is 28.8 Å². The Hall–Kier alpha value is -2.25. The van der Waals surface area contributed by atoms with Crippen molar-refractivity contribution in [3.63, 3.8) is 0 Å². The normalized spacial score (nSPS) is 15.6. The number of rotatable bonds is 6. The molecule has 1 aliphatic rings. The number of benzene rings is 1. The van der Waals surface area contributed by atoms with Crippen LogP contribution >= 0.6 is 23.4 Å². The van der Waals surface area contributed by atoms with Gasteiger partial charge in [0.05, 0.1) is 12.0 Å². The molecule has 0 saturated carbocycles. The van der Waals surface area contributed by atoms with Crippen LogP contribution in [0.2, 0.25) is 5.02 Å². The van der Waals surface area contributed by atoms with Gasteiger partial charge in [0.1, 0.15) is 0 Å². The Balaban J connectivity index is 1.55. The zero-order valence-electron chi connectivity index (χ0n) is 15.6. The number of aryl methyl sites for hydroxylation is 1. The van der Waals surface area contributed by atoms with Crippen LogP contribution in [0.3, 0.4) is 0 Å². The number of carbonyl (C=O) groups excluding carboxylic acids is 2. The van der Waals surface area contributed by atoms with E-state index < -0.39 is 0 Å². The lowest BCUT2D eigenvalue weighted by molar-refractivity contribution is -0.127. The number of hydrogen-bond donors (Lipinski definition) is 1. The monoisotopic (exact) mass is 419 g/mol. The van der Waals surface area contributed by atoms with Crippen LogP contribution < -0.4 is 5.32 Å². The smallest absolute Gasteiger partial charge is 0.286 e. The summed E-state index contributed by atoms with van der Waals surface area (Å²) in [6.07, 6.45) is 3.27. The maximum absolute atomic E-state index is 12.7. The summed E-state index contributed by atoms with van der Waals surface area (Å²) in [4.78, 5) is 30.9. The van der Waals surface area contributed by atoms with Gasteiger partial charge in [0, 0.05) is 30.3 Å². The van der Waals surface area contributed by atoms with Crippen molar-refractivity contribution < 1.29 is 14.0 Å². The number of nitrogens with one attached hydrogen (secondary N) is 1. The van der Waals surface area contributed by atoms with E-state index in [4.69, 9.17) is 16.0 Å². The second kappa shape index (κ2) is 9.80. The van der Waals surface area contributed by atoms with Crippen molar-refractivity contribution in [3.05, 3.63) is 52.9 Å². The summed E-state index contributed by atoms with van der Waals surface area (Å²) >= 11 is 7.76. The molecule has 2 aromatic rings. The van der Waals surface area contributed by atoms with Crippen molar-refractivity contribution >= 4 is 46.0 Å². The van der Waals surface area contributed by atoms with Gasteiger partial charge in [0.15, 0.2) is 10.9 Å². The molecule has 1 aromatic carbocycles. The number of thioether (sulfide) groups is 1. The second-order valence-electron chi connectivity index (χ2n) is 6.41. The molecule has 1 aliphatic heterocycles. The van der Waals surface area contributed by atoms with Gasteiger partial charge >= 0.3 is 0 Å². The highest BCUT2D eigenvalue weighted by molar-refractivity contribution is 8.13. The average molecular weight is 420 g/mol. The van der Waals surface area contributed by atoms with Crippen LogP contribution in [0.15, 0.2) is 46.0 Å². The fourth-order valence-electron chi connectivity index (χ4n) is 2.72. The quantitative estimate of drug-likeness (QED) is 0.704. The molecule has 0 bridgehead atoms. The molecule has 3 rings (SSSR count). The maximum Gasteiger partial charge on any atom is 0.286 e. The van der Waals surface area contributed by atoms with Crippen molar-refractivity contribution in [1.82, 2.24) is 10.2 Å². The average Bonchev–Trinajstić information content (AvgIpc) is 3.23. The summed E-state index contributed by atoms with van der Waals surface area (Å²) in [6.45, 7) is 3.00. The second-order valence-corrected chi connectivity index (χ2v) is 7.88. The Morgan fingerprint density at radius 1 is 1.36 bits per heavy atom. The molecule has 8 heteroatoms. The van der Waals surface area contributed by atoms with Crippen molar-refractivity contribution in [2.45, 2.75) is 26.2 Å². The number of halogens is 1. The van der Waals surface area contributed by atoms with E-state index in [1.165, 1.54) is 6.26 Å². The molecule has 1 aromatic heterocycles. The number of amidine groups is 1. The lowest BCUT2D eigenvalue weighted by Gasteiger charge is -2.28. The van der Waals surface area contributed by atoms with E-state index in [2.05, 4.69) is 10.3 Å². The number of furan rings is 1. The summed E-state index contributed by atoms with van der Waals surface area (Å²) < 4.78 is 5.04. The molecule has 0 aliphatic carbocycles. The molecule has 2 heterocycles. The van der Waals surface area contributed by atoms with Gasteiger partial charge in [0.2, 0.25) is 5.91 Å². The van der Waals surface area contributed by atoms with E-state index in [0.29, 0.717) is 36.1 Å². The van der Waals surface area contributed by atoms with Crippen molar-refractivity contribution in [2.24, 2.45) is 4.99 Å². The molecular weight excluding hydrogens is 398 g/mol. The molecular formula is C20H22ClN3O3S. The zero-order chi connectivity index (χ0) is 19.9. The number of nitrogens with zero attached hydrogens (tertiary/aromatic N) is 2. The Labute approximate surface area is 173 Å². The first-order valence-electron chi connectivity index (χ1n) is 9.14. The van der Waals surface area contributed by atoms with Crippen LogP contribution in [0.5, 0.6) is 0 Å². The summed E-state index contributed by atoms with van der Waals surface area (Å²) in [5.41, 5.74) is 1.73. The Morgan fingerprint density at radius 2 is 2.21 bits per heavy atom. The van der Waals surface area contributed by atoms with Gasteiger partial charge in [0.25, 0.3) is 5.91 Å². The molecule has 0 atom stereocenters. The highest BCUT2D eigenvalue weighted by Crippen LogP contribution is 2.26. The largest absolute Gasteiger partial charge is 0.459 e. The summed E-state index contributed by atoms with van der Waals surface area (Å²) in [5.74, 6) is 0.937. The topological polar surface area (TPSA) is 74.9 Å². The molecule has 6 nitrogen and oxygen atoms in total. The van der Waals surface area contributed by atoms with E-state index in [0.717, 1.165) is 23.4 Å². The first-order valence-corrected chi connectivity index (χ1v) is 10.5.